The maximum Gasteiger partial charge on any atom is 0.323 e. The predicted molar refractivity (Wildman–Crippen MR) is 45.5 cm³/mol. The summed E-state index contributed by atoms with van der Waals surface area (Å²) in [5, 5.41) is -0.295. The lowest BCUT2D eigenvalue weighted by Gasteiger charge is -2.01. The highest BCUT2D eigenvalue weighted by Gasteiger charge is 2.19. The molecule has 1 aromatic heterocycles. The number of nitrogens with one attached hydrogen (secondary N) is 1. The van der Waals surface area contributed by atoms with Gasteiger partial charge in [0.05, 0.1) is 0 Å². The molecule has 1 rings (SSSR count). The molecule has 0 aliphatic rings. The molecule has 1 N–H and O–H groups in total. The fourth-order valence-corrected chi connectivity index (χ4v) is 1.51. The molecule has 0 saturated carbocycles. The van der Waals surface area contributed by atoms with Crippen molar-refractivity contribution in [1.82, 2.24) is 4.89 Å². The Hall–Kier alpha value is -1.34. The quantitative estimate of drug-likeness (QED) is 0.741. The molecule has 0 fully saturated rings. The molecule has 78 valence electrons. The van der Waals surface area contributed by atoms with E-state index in [0.717, 1.165) is 6.92 Å². The molecule has 0 bridgehead atoms. The lowest BCUT2D eigenvalue weighted by Crippen LogP contribution is -2.25. The monoisotopic (exact) mass is 219 g/mol. The van der Waals surface area contributed by atoms with Crippen molar-refractivity contribution in [1.29, 1.82) is 0 Å². The van der Waals surface area contributed by atoms with Crippen molar-refractivity contribution in [2.24, 2.45) is 0 Å². The van der Waals surface area contributed by atoms with Crippen molar-refractivity contribution in [3.05, 3.63) is 17.9 Å². The van der Waals surface area contributed by atoms with Gasteiger partial charge in [0.2, 0.25) is 5.09 Å². The van der Waals surface area contributed by atoms with E-state index in [1.807, 2.05) is 0 Å². The van der Waals surface area contributed by atoms with Crippen molar-refractivity contribution in [3.63, 3.8) is 0 Å². The molecular weight excluding hydrogens is 210 g/mol. The number of furan rings is 1. The van der Waals surface area contributed by atoms with Crippen molar-refractivity contribution in [2.75, 3.05) is 0 Å². The van der Waals surface area contributed by atoms with Crippen molar-refractivity contribution in [2.45, 2.75) is 18.9 Å². The van der Waals surface area contributed by atoms with E-state index < -0.39 is 16.0 Å². The van der Waals surface area contributed by atoms with Crippen LogP contribution in [-0.4, -0.2) is 14.4 Å². The van der Waals surface area contributed by atoms with E-state index in [9.17, 15) is 13.2 Å². The molecule has 0 atom stereocenters. The zero-order valence-corrected chi connectivity index (χ0v) is 8.42. The highest BCUT2D eigenvalue weighted by molar-refractivity contribution is 7.89. The first-order chi connectivity index (χ1) is 6.42. The van der Waals surface area contributed by atoms with E-state index >= 15 is 0 Å². The Morgan fingerprint density at radius 2 is 2.14 bits per heavy atom. The minimum atomic E-state index is -3.89. The van der Waals surface area contributed by atoms with Crippen LogP contribution < -0.4 is 4.89 Å². The first-order valence-electron chi connectivity index (χ1n) is 3.67. The Balaban J connectivity index is 2.81. The van der Waals surface area contributed by atoms with Gasteiger partial charge in [-0.3, -0.25) is 4.79 Å². The number of aryl methyl sites for hydroxylation is 1. The second kappa shape index (κ2) is 3.81. The minimum Gasteiger partial charge on any atom is -0.449 e. The van der Waals surface area contributed by atoms with Crippen molar-refractivity contribution < 1.29 is 22.5 Å². The molecular formula is C7H9NO5S. The second-order valence-corrected chi connectivity index (χ2v) is 4.12. The van der Waals surface area contributed by atoms with Crippen LogP contribution in [0.15, 0.2) is 21.6 Å². The first kappa shape index (κ1) is 10.7. The molecule has 6 nitrogen and oxygen atoms in total. The molecule has 7 heteroatoms. The Morgan fingerprint density at radius 1 is 1.50 bits per heavy atom. The third-order valence-corrected chi connectivity index (χ3v) is 2.33. The maximum absolute atomic E-state index is 11.3. The molecule has 0 aliphatic carbocycles. The Morgan fingerprint density at radius 3 is 2.57 bits per heavy atom. The number of carbonyl (C=O) groups is 1. The number of rotatable bonds is 3. The zero-order valence-electron chi connectivity index (χ0n) is 7.60. The van der Waals surface area contributed by atoms with E-state index in [0.29, 0.717) is 5.76 Å². The molecule has 0 unspecified atom stereocenters. The zero-order chi connectivity index (χ0) is 10.8. The summed E-state index contributed by atoms with van der Waals surface area (Å²) in [5.74, 6) is -0.301. The highest BCUT2D eigenvalue weighted by Crippen LogP contribution is 2.12. The lowest BCUT2D eigenvalue weighted by molar-refractivity contribution is -0.144. The molecule has 14 heavy (non-hydrogen) atoms. The number of hydrogen-bond donors (Lipinski definition) is 1. The lowest BCUT2D eigenvalue weighted by atomic mass is 10.5. The SMILES string of the molecule is CC(=O)ONS(=O)(=O)c1ccc(C)o1. The molecule has 0 amide bonds. The summed E-state index contributed by atoms with van der Waals surface area (Å²) in [5.41, 5.74) is 0. The van der Waals surface area contributed by atoms with Gasteiger partial charge in [0.15, 0.2) is 0 Å². The van der Waals surface area contributed by atoms with Crippen molar-refractivity contribution in [3.8, 4) is 0 Å². The van der Waals surface area contributed by atoms with Crippen LogP contribution in [0.25, 0.3) is 0 Å². The van der Waals surface area contributed by atoms with Gasteiger partial charge in [0, 0.05) is 6.92 Å². The van der Waals surface area contributed by atoms with Crippen LogP contribution >= 0.6 is 0 Å². The van der Waals surface area contributed by atoms with Gasteiger partial charge in [-0.1, -0.05) is 0 Å². The standard InChI is InChI=1S/C7H9NO5S/c1-5-3-4-7(12-5)14(10,11)8-13-6(2)9/h3-4,8H,1-2H3. The smallest absolute Gasteiger partial charge is 0.323 e. The minimum absolute atomic E-state index is 0.295. The summed E-state index contributed by atoms with van der Waals surface area (Å²) in [7, 11) is -3.89. The normalized spacial score (nSPS) is 11.3. The molecule has 0 aromatic carbocycles. The third kappa shape index (κ3) is 2.57. The summed E-state index contributed by atoms with van der Waals surface area (Å²) in [6, 6.07) is 2.75. The molecule has 0 spiro atoms. The topological polar surface area (TPSA) is 85.6 Å². The van der Waals surface area contributed by atoms with E-state index in [2.05, 4.69) is 4.84 Å². The fourth-order valence-electron chi connectivity index (χ4n) is 0.711. The number of sulfonamides is 1. The van der Waals surface area contributed by atoms with Crippen LogP contribution in [0.1, 0.15) is 12.7 Å². The molecule has 1 heterocycles. The van der Waals surface area contributed by atoms with E-state index in [1.165, 1.54) is 12.1 Å². The Labute approximate surface area is 80.9 Å². The molecule has 0 saturated heterocycles. The largest absolute Gasteiger partial charge is 0.449 e. The first-order valence-corrected chi connectivity index (χ1v) is 5.16. The van der Waals surface area contributed by atoms with Crippen molar-refractivity contribution >= 4 is 16.0 Å². The average molecular weight is 219 g/mol. The van der Waals surface area contributed by atoms with Gasteiger partial charge < -0.3 is 9.25 Å². The van der Waals surface area contributed by atoms with Crippen LogP contribution in [0.4, 0.5) is 0 Å². The van der Waals surface area contributed by atoms with Gasteiger partial charge in [-0.15, -0.1) is 0 Å². The molecule has 0 aliphatic heterocycles. The second-order valence-electron chi connectivity index (χ2n) is 2.55. The predicted octanol–water partition coefficient (Wildman–Crippen LogP) is 0.344. The van der Waals surface area contributed by atoms with Gasteiger partial charge in [0.1, 0.15) is 5.76 Å². The van der Waals surface area contributed by atoms with Gasteiger partial charge in [0.25, 0.3) is 0 Å². The number of hydrogen-bond acceptors (Lipinski definition) is 5. The van der Waals surface area contributed by atoms with Crippen LogP contribution in [-0.2, 0) is 19.7 Å². The third-order valence-electron chi connectivity index (χ3n) is 1.28. The maximum atomic E-state index is 11.3. The summed E-state index contributed by atoms with van der Waals surface area (Å²) >= 11 is 0. The summed E-state index contributed by atoms with van der Waals surface area (Å²) in [4.78, 5) is 16.1. The summed E-state index contributed by atoms with van der Waals surface area (Å²) in [6.45, 7) is 2.68. The highest BCUT2D eigenvalue weighted by atomic mass is 32.2. The van der Waals surface area contributed by atoms with Gasteiger partial charge in [-0.05, 0) is 23.9 Å². The van der Waals surface area contributed by atoms with Crippen LogP contribution in [0.3, 0.4) is 0 Å². The van der Waals surface area contributed by atoms with Gasteiger partial charge in [-0.25, -0.2) is 8.42 Å². The Bertz CT molecular complexity index is 433. The van der Waals surface area contributed by atoms with Gasteiger partial charge >= 0.3 is 16.0 Å². The summed E-state index contributed by atoms with van der Waals surface area (Å²) in [6.07, 6.45) is 0. The summed E-state index contributed by atoms with van der Waals surface area (Å²) < 4.78 is 27.4. The number of carbonyl (C=O) groups excluding carboxylic acids is 1. The van der Waals surface area contributed by atoms with E-state index in [-0.39, 0.29) is 5.09 Å². The Kier molecular flexibility index (Phi) is 2.92. The van der Waals surface area contributed by atoms with Crippen LogP contribution in [0.2, 0.25) is 0 Å². The van der Waals surface area contributed by atoms with Crippen LogP contribution in [0, 0.1) is 6.92 Å². The average Bonchev–Trinajstić information content (AvgIpc) is 2.49. The van der Waals surface area contributed by atoms with Gasteiger partial charge in [-0.2, -0.15) is 0 Å². The molecule has 0 radical (unpaired) electrons. The fraction of sp³-hybridized carbons (Fsp3) is 0.286. The van der Waals surface area contributed by atoms with E-state index in [4.69, 9.17) is 4.42 Å². The van der Waals surface area contributed by atoms with E-state index in [1.54, 1.807) is 11.8 Å². The molecule has 1 aromatic rings. The van der Waals surface area contributed by atoms with Crippen LogP contribution in [0.5, 0.6) is 0 Å².